The zero-order valence-corrected chi connectivity index (χ0v) is 12.4. The van der Waals surface area contributed by atoms with Gasteiger partial charge in [0.1, 0.15) is 0 Å². The molecule has 1 aliphatic rings. The van der Waals surface area contributed by atoms with Gasteiger partial charge in [0.2, 0.25) is 0 Å². The van der Waals surface area contributed by atoms with Gasteiger partial charge in [-0.15, -0.1) is 0 Å². The lowest BCUT2D eigenvalue weighted by molar-refractivity contribution is -0.385. The maximum absolute atomic E-state index is 11.0. The van der Waals surface area contributed by atoms with Crippen molar-refractivity contribution in [1.82, 2.24) is 0 Å². The first-order valence-corrected chi connectivity index (χ1v) is 7.34. The van der Waals surface area contributed by atoms with E-state index in [1.165, 1.54) is 18.7 Å². The Kier molecular flexibility index (Phi) is 3.96. The van der Waals surface area contributed by atoms with Gasteiger partial charge in [0.15, 0.2) is 5.75 Å². The Morgan fingerprint density at radius 2 is 2.00 bits per heavy atom. The number of nitro benzene ring substituents is 1. The fourth-order valence-corrected chi connectivity index (χ4v) is 3.09. The lowest BCUT2D eigenvalue weighted by atomic mass is 10.0. The van der Waals surface area contributed by atoms with Crippen molar-refractivity contribution in [2.24, 2.45) is 0 Å². The Morgan fingerprint density at radius 3 is 2.68 bits per heavy atom. The van der Waals surface area contributed by atoms with E-state index < -0.39 is 4.92 Å². The Morgan fingerprint density at radius 1 is 1.23 bits per heavy atom. The zero-order valence-electron chi connectivity index (χ0n) is 12.4. The van der Waals surface area contributed by atoms with E-state index in [-0.39, 0.29) is 5.69 Å². The van der Waals surface area contributed by atoms with Gasteiger partial charge in [0.25, 0.3) is 0 Å². The van der Waals surface area contributed by atoms with Crippen molar-refractivity contribution in [2.45, 2.75) is 18.9 Å². The van der Waals surface area contributed by atoms with E-state index in [1.54, 1.807) is 6.07 Å². The Bertz CT molecular complexity index is 673. The first kappa shape index (κ1) is 14.4. The van der Waals surface area contributed by atoms with Crippen LogP contribution in [0, 0.1) is 10.1 Å². The Hall–Kier alpha value is -2.56. The average molecular weight is 298 g/mol. The van der Waals surface area contributed by atoms with Crippen molar-refractivity contribution < 1.29 is 9.66 Å². The van der Waals surface area contributed by atoms with Crippen molar-refractivity contribution >= 4 is 11.4 Å². The second kappa shape index (κ2) is 6.05. The molecular formula is C17H18N2O3. The smallest absolute Gasteiger partial charge is 0.311 e. The highest BCUT2D eigenvalue weighted by atomic mass is 16.6. The van der Waals surface area contributed by atoms with Gasteiger partial charge < -0.3 is 9.64 Å². The van der Waals surface area contributed by atoms with Crippen LogP contribution in [0.5, 0.6) is 5.75 Å². The van der Waals surface area contributed by atoms with Crippen LogP contribution in [0.1, 0.15) is 24.4 Å². The number of nitro groups is 1. The summed E-state index contributed by atoms with van der Waals surface area (Å²) in [5, 5.41) is 11.0. The predicted octanol–water partition coefficient (Wildman–Crippen LogP) is 3.94. The molecule has 5 nitrogen and oxygen atoms in total. The quantitative estimate of drug-likeness (QED) is 0.633. The molecule has 0 saturated carbocycles. The molecule has 1 saturated heterocycles. The number of benzene rings is 2. The number of anilines is 1. The lowest BCUT2D eigenvalue weighted by Crippen LogP contribution is -2.22. The number of hydrogen-bond acceptors (Lipinski definition) is 4. The summed E-state index contributed by atoms with van der Waals surface area (Å²) in [7, 11) is 1.46. The topological polar surface area (TPSA) is 55.6 Å². The van der Waals surface area contributed by atoms with Gasteiger partial charge in [-0.2, -0.15) is 0 Å². The number of hydrogen-bond donors (Lipinski definition) is 0. The molecule has 0 radical (unpaired) electrons. The molecule has 0 N–H and O–H groups in total. The average Bonchev–Trinajstić information content (AvgIpc) is 3.04. The molecule has 1 unspecified atom stereocenters. The van der Waals surface area contributed by atoms with Crippen LogP contribution in [0.3, 0.4) is 0 Å². The van der Waals surface area contributed by atoms with Gasteiger partial charge in [0.05, 0.1) is 18.1 Å². The van der Waals surface area contributed by atoms with Crippen LogP contribution in [-0.4, -0.2) is 18.6 Å². The van der Waals surface area contributed by atoms with Crippen LogP contribution in [-0.2, 0) is 0 Å². The van der Waals surface area contributed by atoms with Crippen LogP contribution < -0.4 is 9.64 Å². The van der Waals surface area contributed by atoms with E-state index in [9.17, 15) is 10.1 Å². The summed E-state index contributed by atoms with van der Waals surface area (Å²) in [5.74, 6) is 0.307. The highest BCUT2D eigenvalue weighted by Gasteiger charge is 2.27. The van der Waals surface area contributed by atoms with E-state index in [2.05, 4.69) is 17.0 Å². The minimum Gasteiger partial charge on any atom is -0.490 e. The fraction of sp³-hybridized carbons (Fsp3) is 0.294. The van der Waals surface area contributed by atoms with Gasteiger partial charge in [-0.1, -0.05) is 30.3 Å². The third-order valence-electron chi connectivity index (χ3n) is 4.13. The second-order valence-corrected chi connectivity index (χ2v) is 5.38. The molecule has 0 spiro atoms. The Labute approximate surface area is 129 Å². The van der Waals surface area contributed by atoms with Crippen molar-refractivity contribution in [2.75, 3.05) is 18.6 Å². The summed E-state index contributed by atoms with van der Waals surface area (Å²) in [6.45, 7) is 0.945. The van der Waals surface area contributed by atoms with E-state index in [0.717, 1.165) is 25.1 Å². The third kappa shape index (κ3) is 2.62. The summed E-state index contributed by atoms with van der Waals surface area (Å²) in [4.78, 5) is 12.9. The Balaban J connectivity index is 1.94. The number of ether oxygens (including phenoxy) is 1. The van der Waals surface area contributed by atoms with E-state index >= 15 is 0 Å². The first-order chi connectivity index (χ1) is 10.7. The van der Waals surface area contributed by atoms with E-state index in [0.29, 0.717) is 11.8 Å². The zero-order chi connectivity index (χ0) is 15.5. The monoisotopic (exact) mass is 298 g/mol. The summed E-state index contributed by atoms with van der Waals surface area (Å²) >= 11 is 0. The molecule has 2 aromatic carbocycles. The maximum atomic E-state index is 11.0. The molecule has 1 fully saturated rings. The van der Waals surface area contributed by atoms with E-state index in [1.807, 2.05) is 24.3 Å². The van der Waals surface area contributed by atoms with Crippen LogP contribution in [0.4, 0.5) is 11.4 Å². The summed E-state index contributed by atoms with van der Waals surface area (Å²) in [6.07, 6.45) is 2.20. The van der Waals surface area contributed by atoms with Gasteiger partial charge in [-0.3, -0.25) is 10.1 Å². The SMILES string of the molecule is COc1cc(N2CCCC2c2ccccc2)ccc1[N+](=O)[O-]. The standard InChI is InChI=1S/C17H18N2O3/c1-22-17-12-14(9-10-16(17)19(20)21)18-11-5-8-15(18)13-6-3-2-4-7-13/h2-4,6-7,9-10,12,15H,5,8,11H2,1H3. The lowest BCUT2D eigenvalue weighted by Gasteiger charge is -2.27. The second-order valence-electron chi connectivity index (χ2n) is 5.38. The molecule has 5 heteroatoms. The summed E-state index contributed by atoms with van der Waals surface area (Å²) < 4.78 is 5.18. The van der Waals surface area contributed by atoms with Crippen LogP contribution >= 0.6 is 0 Å². The summed E-state index contributed by atoms with van der Waals surface area (Å²) in [6, 6.07) is 15.8. The highest BCUT2D eigenvalue weighted by Crippen LogP contribution is 2.39. The molecule has 114 valence electrons. The van der Waals surface area contributed by atoms with Crippen LogP contribution in [0.25, 0.3) is 0 Å². The molecule has 0 bridgehead atoms. The van der Waals surface area contributed by atoms with Crippen molar-refractivity contribution in [3.05, 3.63) is 64.2 Å². The number of rotatable bonds is 4. The molecule has 1 atom stereocenters. The van der Waals surface area contributed by atoms with Gasteiger partial charge in [-0.25, -0.2) is 0 Å². The predicted molar refractivity (Wildman–Crippen MR) is 85.4 cm³/mol. The largest absolute Gasteiger partial charge is 0.490 e. The van der Waals surface area contributed by atoms with Crippen LogP contribution in [0.15, 0.2) is 48.5 Å². The molecular weight excluding hydrogens is 280 g/mol. The molecule has 1 heterocycles. The third-order valence-corrected chi connectivity index (χ3v) is 4.13. The molecule has 0 aromatic heterocycles. The minimum atomic E-state index is -0.415. The molecule has 2 aromatic rings. The van der Waals surface area contributed by atoms with Crippen molar-refractivity contribution in [1.29, 1.82) is 0 Å². The molecule has 0 aliphatic carbocycles. The summed E-state index contributed by atoms with van der Waals surface area (Å²) in [5.41, 5.74) is 2.24. The van der Waals surface area contributed by atoms with Crippen LogP contribution in [0.2, 0.25) is 0 Å². The fourth-order valence-electron chi connectivity index (χ4n) is 3.09. The molecule has 1 aliphatic heterocycles. The minimum absolute atomic E-state index is 0.00158. The van der Waals surface area contributed by atoms with Gasteiger partial charge in [-0.05, 0) is 24.5 Å². The van der Waals surface area contributed by atoms with Crippen molar-refractivity contribution in [3.63, 3.8) is 0 Å². The molecule has 3 rings (SSSR count). The maximum Gasteiger partial charge on any atom is 0.311 e. The highest BCUT2D eigenvalue weighted by molar-refractivity contribution is 5.60. The van der Waals surface area contributed by atoms with E-state index in [4.69, 9.17) is 4.74 Å². The van der Waals surface area contributed by atoms with Crippen molar-refractivity contribution in [3.8, 4) is 5.75 Å². The number of nitrogens with zero attached hydrogens (tertiary/aromatic N) is 2. The first-order valence-electron chi connectivity index (χ1n) is 7.34. The van der Waals surface area contributed by atoms with Gasteiger partial charge in [0, 0.05) is 24.4 Å². The normalized spacial score (nSPS) is 17.5. The number of methoxy groups -OCH3 is 1. The molecule has 22 heavy (non-hydrogen) atoms. The molecule has 0 amide bonds. The van der Waals surface area contributed by atoms with Gasteiger partial charge >= 0.3 is 5.69 Å².